The highest BCUT2D eigenvalue weighted by Gasteiger charge is 1.93. The molecular formula is C12H22O. The third kappa shape index (κ3) is 11.4. The molecule has 0 rings (SSSR count). The molecule has 0 unspecified atom stereocenters. The minimum atomic E-state index is 0.847. The van der Waals surface area contributed by atoms with Gasteiger partial charge >= 0.3 is 0 Å². The van der Waals surface area contributed by atoms with Crippen molar-refractivity contribution in [3.63, 3.8) is 0 Å². The molecule has 0 aliphatic rings. The number of aliphatic hydroxyl groups is 1. The molecule has 76 valence electrons. The molecular weight excluding hydrogens is 160 g/mol. The summed E-state index contributed by atoms with van der Waals surface area (Å²) in [5, 5.41) is 8.21. The van der Waals surface area contributed by atoms with Gasteiger partial charge in [0.15, 0.2) is 0 Å². The zero-order valence-corrected chi connectivity index (χ0v) is 8.97. The lowest BCUT2D eigenvalue weighted by Gasteiger charge is -2.03. The molecule has 1 N–H and O–H groups in total. The van der Waals surface area contributed by atoms with E-state index >= 15 is 0 Å². The molecule has 0 radical (unpaired) electrons. The van der Waals surface area contributed by atoms with E-state index in [1.54, 1.807) is 0 Å². The predicted octanol–water partition coefficient (Wildman–Crippen LogP) is 3.71. The van der Waals surface area contributed by atoms with Gasteiger partial charge in [-0.3, -0.25) is 0 Å². The normalized spacial score (nSPS) is 9.77. The van der Waals surface area contributed by atoms with Crippen molar-refractivity contribution in [3.8, 4) is 12.0 Å². The van der Waals surface area contributed by atoms with Crippen molar-refractivity contribution in [2.45, 2.75) is 58.8 Å². The predicted molar refractivity (Wildman–Crippen MR) is 56.9 cm³/mol. The summed E-state index contributed by atoms with van der Waals surface area (Å²) in [5.74, 6) is 3.51. The molecule has 0 aromatic rings. The monoisotopic (exact) mass is 182 g/mol. The lowest BCUT2D eigenvalue weighted by Crippen LogP contribution is -1.86. The summed E-state index contributed by atoms with van der Waals surface area (Å²) in [6.45, 7) is 4.55. The van der Waals surface area contributed by atoms with Crippen molar-refractivity contribution >= 4 is 0 Å². The van der Waals surface area contributed by atoms with Crippen LogP contribution in [0.15, 0.2) is 0 Å². The van der Waals surface area contributed by atoms with Gasteiger partial charge in [0.1, 0.15) is 6.11 Å². The van der Waals surface area contributed by atoms with Crippen LogP contribution in [0.5, 0.6) is 0 Å². The Morgan fingerprint density at radius 3 is 2.23 bits per heavy atom. The Balaban J connectivity index is 2.94. The van der Waals surface area contributed by atoms with E-state index in [1.807, 2.05) is 6.11 Å². The summed E-state index contributed by atoms with van der Waals surface area (Å²) in [6, 6.07) is 0. The van der Waals surface area contributed by atoms with E-state index in [1.165, 1.54) is 32.1 Å². The van der Waals surface area contributed by atoms with E-state index in [9.17, 15) is 0 Å². The lowest BCUT2D eigenvalue weighted by atomic mass is 10.0. The van der Waals surface area contributed by atoms with E-state index in [-0.39, 0.29) is 0 Å². The van der Waals surface area contributed by atoms with Crippen molar-refractivity contribution in [2.24, 2.45) is 5.92 Å². The Morgan fingerprint density at radius 2 is 1.62 bits per heavy atom. The Bertz CT molecular complexity index is 150. The Kier molecular flexibility index (Phi) is 8.98. The van der Waals surface area contributed by atoms with E-state index in [0.29, 0.717) is 0 Å². The highest BCUT2D eigenvalue weighted by atomic mass is 16.2. The lowest BCUT2D eigenvalue weighted by molar-refractivity contribution is 0.511. The third-order valence-electron chi connectivity index (χ3n) is 2.16. The Morgan fingerprint density at radius 1 is 1.00 bits per heavy atom. The number of aliphatic hydroxyl groups excluding tert-OH is 1. The standard InChI is InChI=1S/C12H22O/c1-12(2)10-8-6-4-3-5-7-9-11-13/h12-13H,3-8,10H2,1-2H3. The zero-order chi connectivity index (χ0) is 9.94. The molecule has 0 amide bonds. The van der Waals surface area contributed by atoms with Crippen molar-refractivity contribution < 1.29 is 5.11 Å². The molecule has 1 heteroatoms. The van der Waals surface area contributed by atoms with Gasteiger partial charge in [0.05, 0.1) is 0 Å². The molecule has 0 atom stereocenters. The Labute approximate surface area is 82.5 Å². The topological polar surface area (TPSA) is 20.2 Å². The molecule has 1 nitrogen and oxygen atoms in total. The van der Waals surface area contributed by atoms with Crippen LogP contribution >= 0.6 is 0 Å². The average molecular weight is 182 g/mol. The van der Waals surface area contributed by atoms with Crippen LogP contribution in [0.1, 0.15) is 58.8 Å². The van der Waals surface area contributed by atoms with Gasteiger partial charge in [-0.1, -0.05) is 51.9 Å². The van der Waals surface area contributed by atoms with Gasteiger partial charge in [0.2, 0.25) is 0 Å². The van der Waals surface area contributed by atoms with Crippen LogP contribution in [0, 0.1) is 17.9 Å². The first-order valence-electron chi connectivity index (χ1n) is 5.39. The summed E-state index contributed by atoms with van der Waals surface area (Å²) in [5.41, 5.74) is 0. The van der Waals surface area contributed by atoms with Gasteiger partial charge in [-0.25, -0.2) is 0 Å². The maximum absolute atomic E-state index is 8.21. The van der Waals surface area contributed by atoms with Crippen LogP contribution in [0.2, 0.25) is 0 Å². The number of unbranched alkanes of at least 4 members (excludes halogenated alkanes) is 5. The number of hydrogen-bond donors (Lipinski definition) is 1. The molecule has 0 saturated carbocycles. The summed E-state index contributed by atoms with van der Waals surface area (Å²) in [7, 11) is 0. The molecule has 0 aromatic carbocycles. The van der Waals surface area contributed by atoms with Gasteiger partial charge < -0.3 is 5.11 Å². The minimum absolute atomic E-state index is 0.847. The number of hydrogen-bond acceptors (Lipinski definition) is 1. The van der Waals surface area contributed by atoms with Gasteiger partial charge in [0, 0.05) is 6.42 Å². The smallest absolute Gasteiger partial charge is 0.107 e. The van der Waals surface area contributed by atoms with Gasteiger partial charge in [-0.15, -0.1) is 0 Å². The fourth-order valence-electron chi connectivity index (χ4n) is 1.35. The maximum Gasteiger partial charge on any atom is 0.107 e. The molecule has 0 aliphatic carbocycles. The second-order valence-electron chi connectivity index (χ2n) is 3.99. The second kappa shape index (κ2) is 9.45. The highest BCUT2D eigenvalue weighted by Crippen LogP contribution is 2.10. The first kappa shape index (κ1) is 12.4. The maximum atomic E-state index is 8.21. The van der Waals surface area contributed by atoms with Crippen LogP contribution in [0.25, 0.3) is 0 Å². The highest BCUT2D eigenvalue weighted by molar-refractivity contribution is 4.88. The van der Waals surface area contributed by atoms with Crippen molar-refractivity contribution in [2.75, 3.05) is 0 Å². The summed E-state index contributed by atoms with van der Waals surface area (Å²) in [6.07, 6.45) is 10.6. The largest absolute Gasteiger partial charge is 0.462 e. The molecule has 13 heavy (non-hydrogen) atoms. The first-order chi connectivity index (χ1) is 6.27. The molecule has 0 aliphatic heterocycles. The molecule has 0 aromatic heterocycles. The SMILES string of the molecule is CC(C)CCCCCCCC#CO. The fraction of sp³-hybridized carbons (Fsp3) is 0.833. The number of rotatable bonds is 7. The van der Waals surface area contributed by atoms with Crippen LogP contribution < -0.4 is 0 Å². The first-order valence-corrected chi connectivity index (χ1v) is 5.39. The molecule has 0 saturated heterocycles. The van der Waals surface area contributed by atoms with Crippen molar-refractivity contribution in [1.29, 1.82) is 0 Å². The minimum Gasteiger partial charge on any atom is -0.462 e. The van der Waals surface area contributed by atoms with Gasteiger partial charge in [-0.2, -0.15) is 0 Å². The van der Waals surface area contributed by atoms with Gasteiger partial charge in [0.25, 0.3) is 0 Å². The molecule has 0 spiro atoms. The van der Waals surface area contributed by atoms with E-state index in [4.69, 9.17) is 5.11 Å². The summed E-state index contributed by atoms with van der Waals surface area (Å²) < 4.78 is 0. The van der Waals surface area contributed by atoms with Crippen LogP contribution in [0.4, 0.5) is 0 Å². The summed E-state index contributed by atoms with van der Waals surface area (Å²) >= 11 is 0. The van der Waals surface area contributed by atoms with Crippen LogP contribution in [-0.2, 0) is 0 Å². The molecule has 0 bridgehead atoms. The fourth-order valence-corrected chi connectivity index (χ4v) is 1.35. The van der Waals surface area contributed by atoms with Crippen LogP contribution in [0.3, 0.4) is 0 Å². The van der Waals surface area contributed by atoms with Crippen molar-refractivity contribution in [1.82, 2.24) is 0 Å². The van der Waals surface area contributed by atoms with Crippen LogP contribution in [-0.4, -0.2) is 5.11 Å². The molecule has 0 fully saturated rings. The average Bonchev–Trinajstić information content (AvgIpc) is 2.09. The third-order valence-corrected chi connectivity index (χ3v) is 2.16. The van der Waals surface area contributed by atoms with E-state index in [2.05, 4.69) is 19.8 Å². The van der Waals surface area contributed by atoms with Gasteiger partial charge in [-0.05, 0) is 12.3 Å². The summed E-state index contributed by atoms with van der Waals surface area (Å²) in [4.78, 5) is 0. The Hall–Kier alpha value is -0.640. The quantitative estimate of drug-likeness (QED) is 0.470. The zero-order valence-electron chi connectivity index (χ0n) is 8.97. The second-order valence-corrected chi connectivity index (χ2v) is 3.99. The van der Waals surface area contributed by atoms with E-state index < -0.39 is 0 Å². The van der Waals surface area contributed by atoms with Crippen molar-refractivity contribution in [3.05, 3.63) is 0 Å². The van der Waals surface area contributed by atoms with E-state index in [0.717, 1.165) is 18.8 Å². The molecule has 0 heterocycles.